The summed E-state index contributed by atoms with van der Waals surface area (Å²) in [7, 11) is 0. The molecule has 1 aliphatic heterocycles. The first-order chi connectivity index (χ1) is 8.20. The van der Waals surface area contributed by atoms with Gasteiger partial charge < -0.3 is 9.80 Å². The highest BCUT2D eigenvalue weighted by molar-refractivity contribution is 9.09. The molecule has 17 heavy (non-hydrogen) atoms. The monoisotopic (exact) mass is 318 g/mol. The average Bonchev–Trinajstić information content (AvgIpc) is 2.76. The van der Waals surface area contributed by atoms with Gasteiger partial charge in [0.1, 0.15) is 5.01 Å². The molecule has 0 N–H and O–H groups in total. The van der Waals surface area contributed by atoms with E-state index in [1.807, 2.05) is 11.8 Å². The number of amides is 1. The summed E-state index contributed by atoms with van der Waals surface area (Å²) in [4.78, 5) is 15.8. The highest BCUT2D eigenvalue weighted by atomic mass is 79.9. The summed E-state index contributed by atoms with van der Waals surface area (Å²) in [6, 6.07) is 0. The van der Waals surface area contributed by atoms with Crippen molar-refractivity contribution in [3.63, 3.8) is 0 Å². The molecule has 0 spiro atoms. The van der Waals surface area contributed by atoms with Crippen LogP contribution in [-0.4, -0.2) is 52.5 Å². The number of carbonyl (C=O) groups excluding carboxylic acids is 1. The lowest BCUT2D eigenvalue weighted by Crippen LogP contribution is -2.48. The molecule has 0 unspecified atom stereocenters. The van der Waals surface area contributed by atoms with E-state index in [9.17, 15) is 4.79 Å². The number of nitrogens with zero attached hydrogens (tertiary/aromatic N) is 4. The van der Waals surface area contributed by atoms with Gasteiger partial charge in [-0.05, 0) is 6.92 Å². The van der Waals surface area contributed by atoms with E-state index >= 15 is 0 Å². The summed E-state index contributed by atoms with van der Waals surface area (Å²) in [5, 5.41) is 10.8. The molecule has 0 aliphatic carbocycles. The molecule has 1 aliphatic rings. The topological polar surface area (TPSA) is 49.3 Å². The quantitative estimate of drug-likeness (QED) is 0.788. The number of carbonyl (C=O) groups is 1. The zero-order valence-corrected chi connectivity index (χ0v) is 12.1. The number of hydrogen-bond donors (Lipinski definition) is 0. The number of halogens is 1. The van der Waals surface area contributed by atoms with E-state index in [4.69, 9.17) is 0 Å². The Kier molecular flexibility index (Phi) is 4.33. The average molecular weight is 319 g/mol. The highest BCUT2D eigenvalue weighted by Gasteiger charge is 2.22. The first-order valence-electron chi connectivity index (χ1n) is 5.59. The zero-order valence-electron chi connectivity index (χ0n) is 9.73. The third-order valence-electron chi connectivity index (χ3n) is 2.73. The summed E-state index contributed by atoms with van der Waals surface area (Å²) in [6.45, 7) is 5.22. The molecule has 0 aromatic carbocycles. The van der Waals surface area contributed by atoms with Crippen LogP contribution >= 0.6 is 27.3 Å². The molecule has 5 nitrogen and oxygen atoms in total. The molecule has 0 atom stereocenters. The van der Waals surface area contributed by atoms with E-state index in [1.165, 1.54) is 0 Å². The molecule has 0 bridgehead atoms. The van der Waals surface area contributed by atoms with Crippen LogP contribution in [0, 0.1) is 6.92 Å². The molecule has 1 fully saturated rings. The SMILES string of the molecule is Cc1nnc(N2CCN(C(=O)CCBr)CC2)s1. The summed E-state index contributed by atoms with van der Waals surface area (Å²) in [5.74, 6) is 0.231. The Hall–Kier alpha value is -0.690. The number of anilines is 1. The van der Waals surface area contributed by atoms with Gasteiger partial charge in [0, 0.05) is 37.9 Å². The lowest BCUT2D eigenvalue weighted by atomic mass is 10.3. The fourth-order valence-corrected chi connectivity index (χ4v) is 2.88. The highest BCUT2D eigenvalue weighted by Crippen LogP contribution is 2.20. The second kappa shape index (κ2) is 5.77. The van der Waals surface area contributed by atoms with Gasteiger partial charge >= 0.3 is 0 Å². The number of aryl methyl sites for hydroxylation is 1. The summed E-state index contributed by atoms with van der Waals surface area (Å²) >= 11 is 4.90. The van der Waals surface area contributed by atoms with E-state index in [1.54, 1.807) is 11.3 Å². The second-order valence-electron chi connectivity index (χ2n) is 3.91. The van der Waals surface area contributed by atoms with Gasteiger partial charge in [0.05, 0.1) is 0 Å². The minimum atomic E-state index is 0.231. The van der Waals surface area contributed by atoms with Gasteiger partial charge in [-0.3, -0.25) is 4.79 Å². The first kappa shape index (κ1) is 12.8. The van der Waals surface area contributed by atoms with Crippen molar-refractivity contribution in [3.8, 4) is 0 Å². The van der Waals surface area contributed by atoms with Gasteiger partial charge in [-0.15, -0.1) is 10.2 Å². The third-order valence-corrected chi connectivity index (χ3v) is 4.02. The lowest BCUT2D eigenvalue weighted by molar-refractivity contribution is -0.131. The van der Waals surface area contributed by atoms with Crippen LogP contribution in [0.15, 0.2) is 0 Å². The van der Waals surface area contributed by atoms with Crippen LogP contribution in [0.1, 0.15) is 11.4 Å². The Balaban J connectivity index is 1.88. The number of piperazine rings is 1. The van der Waals surface area contributed by atoms with E-state index < -0.39 is 0 Å². The molecular weight excluding hydrogens is 304 g/mol. The minimum Gasteiger partial charge on any atom is -0.343 e. The Bertz CT molecular complexity index is 389. The van der Waals surface area contributed by atoms with E-state index in [0.29, 0.717) is 6.42 Å². The van der Waals surface area contributed by atoms with Crippen molar-refractivity contribution in [2.75, 3.05) is 36.4 Å². The number of alkyl halides is 1. The maximum atomic E-state index is 11.7. The van der Waals surface area contributed by atoms with Crippen molar-refractivity contribution in [1.82, 2.24) is 15.1 Å². The van der Waals surface area contributed by atoms with E-state index in [0.717, 1.165) is 41.6 Å². The molecule has 1 aromatic rings. The molecule has 0 radical (unpaired) electrons. The fourth-order valence-electron chi connectivity index (χ4n) is 1.80. The molecule has 1 amide bonds. The van der Waals surface area contributed by atoms with Gasteiger partial charge in [-0.2, -0.15) is 0 Å². The largest absolute Gasteiger partial charge is 0.343 e. The standard InChI is InChI=1S/C10H15BrN4OS/c1-8-12-13-10(17-8)15-6-4-14(5-7-15)9(16)2-3-11/h2-7H2,1H3. The van der Waals surface area contributed by atoms with Crippen molar-refractivity contribution in [1.29, 1.82) is 0 Å². The summed E-state index contributed by atoms with van der Waals surface area (Å²) < 4.78 is 0. The van der Waals surface area contributed by atoms with Crippen molar-refractivity contribution < 1.29 is 4.79 Å². The second-order valence-corrected chi connectivity index (χ2v) is 5.86. The summed E-state index contributed by atoms with van der Waals surface area (Å²) in [6.07, 6.45) is 0.581. The molecule has 1 saturated heterocycles. The lowest BCUT2D eigenvalue weighted by Gasteiger charge is -2.34. The van der Waals surface area contributed by atoms with Crippen molar-refractivity contribution >= 4 is 38.3 Å². The smallest absolute Gasteiger partial charge is 0.223 e. The summed E-state index contributed by atoms with van der Waals surface area (Å²) in [5.41, 5.74) is 0. The Morgan fingerprint density at radius 3 is 2.59 bits per heavy atom. The molecule has 2 heterocycles. The number of hydrogen-bond acceptors (Lipinski definition) is 5. The number of aromatic nitrogens is 2. The molecular formula is C10H15BrN4OS. The van der Waals surface area contributed by atoms with Gasteiger partial charge in [0.25, 0.3) is 0 Å². The van der Waals surface area contributed by atoms with Crippen molar-refractivity contribution in [2.45, 2.75) is 13.3 Å². The predicted octanol–water partition coefficient (Wildman–Crippen LogP) is 1.28. The van der Waals surface area contributed by atoms with Crippen LogP contribution in [0.3, 0.4) is 0 Å². The van der Waals surface area contributed by atoms with Crippen LogP contribution in [0.25, 0.3) is 0 Å². The van der Waals surface area contributed by atoms with Gasteiger partial charge in [-0.1, -0.05) is 27.3 Å². The maximum absolute atomic E-state index is 11.7. The van der Waals surface area contributed by atoms with Crippen molar-refractivity contribution in [2.24, 2.45) is 0 Å². The molecule has 94 valence electrons. The van der Waals surface area contributed by atoms with Gasteiger partial charge in [-0.25, -0.2) is 0 Å². The molecule has 0 saturated carbocycles. The van der Waals surface area contributed by atoms with Crippen LogP contribution in [0.2, 0.25) is 0 Å². The molecule has 1 aromatic heterocycles. The first-order valence-corrected chi connectivity index (χ1v) is 7.53. The van der Waals surface area contributed by atoms with Crippen molar-refractivity contribution in [3.05, 3.63) is 5.01 Å². The zero-order chi connectivity index (χ0) is 12.3. The number of rotatable bonds is 3. The van der Waals surface area contributed by atoms with Crippen LogP contribution in [0.4, 0.5) is 5.13 Å². The van der Waals surface area contributed by atoms with Crippen LogP contribution in [-0.2, 0) is 4.79 Å². The Labute approximate surface area is 113 Å². The van der Waals surface area contributed by atoms with E-state index in [-0.39, 0.29) is 5.91 Å². The third kappa shape index (κ3) is 3.16. The van der Waals surface area contributed by atoms with Crippen LogP contribution < -0.4 is 4.90 Å². The fraction of sp³-hybridized carbons (Fsp3) is 0.700. The molecule has 2 rings (SSSR count). The minimum absolute atomic E-state index is 0.231. The maximum Gasteiger partial charge on any atom is 0.223 e. The van der Waals surface area contributed by atoms with Crippen LogP contribution in [0.5, 0.6) is 0 Å². The van der Waals surface area contributed by atoms with E-state index in [2.05, 4.69) is 31.0 Å². The predicted molar refractivity (Wildman–Crippen MR) is 71.9 cm³/mol. The van der Waals surface area contributed by atoms with Gasteiger partial charge in [0.2, 0.25) is 11.0 Å². The Morgan fingerprint density at radius 1 is 1.35 bits per heavy atom. The normalized spacial score (nSPS) is 16.4. The Morgan fingerprint density at radius 2 is 2.06 bits per heavy atom. The van der Waals surface area contributed by atoms with Gasteiger partial charge in [0.15, 0.2) is 0 Å². The molecule has 7 heteroatoms.